The first kappa shape index (κ1) is 12.2. The van der Waals surface area contributed by atoms with Gasteiger partial charge in [0.05, 0.1) is 17.1 Å². The predicted octanol–water partition coefficient (Wildman–Crippen LogP) is 3.14. The van der Waals surface area contributed by atoms with Crippen LogP contribution in [-0.4, -0.2) is 5.11 Å². The average Bonchev–Trinajstić information content (AvgIpc) is 2.24. The largest absolute Gasteiger partial charge is 0.506 e. The van der Waals surface area contributed by atoms with Crippen LogP contribution in [0, 0.1) is 0 Å². The minimum atomic E-state index is 0. The Morgan fingerprint density at radius 2 is 1.44 bits per heavy atom. The fourth-order valence-corrected chi connectivity index (χ4v) is 1.34. The van der Waals surface area contributed by atoms with Gasteiger partial charge >= 0.3 is 0 Å². The van der Waals surface area contributed by atoms with Gasteiger partial charge in [0.2, 0.25) is 0 Å². The van der Waals surface area contributed by atoms with Crippen molar-refractivity contribution in [3.63, 3.8) is 0 Å². The number of nitrogen functional groups attached to an aromatic ring is 1. The van der Waals surface area contributed by atoms with E-state index in [1.165, 1.54) is 0 Å². The van der Waals surface area contributed by atoms with Crippen LogP contribution in [0.2, 0.25) is 0 Å². The number of phenols is 1. The van der Waals surface area contributed by atoms with Crippen molar-refractivity contribution in [3.05, 3.63) is 48.5 Å². The van der Waals surface area contributed by atoms with Crippen molar-refractivity contribution in [2.45, 2.75) is 0 Å². The number of rotatable bonds is 2. The Balaban J connectivity index is 0.00000128. The summed E-state index contributed by atoms with van der Waals surface area (Å²) in [4.78, 5) is 0. The van der Waals surface area contributed by atoms with E-state index in [0.29, 0.717) is 11.4 Å². The maximum absolute atomic E-state index is 9.56. The molecule has 0 aliphatic rings. The molecule has 0 aliphatic heterocycles. The molecule has 0 bridgehead atoms. The summed E-state index contributed by atoms with van der Waals surface area (Å²) in [6.07, 6.45) is 0. The number of hydrogen-bond donors (Lipinski definition) is 3. The van der Waals surface area contributed by atoms with Gasteiger partial charge in [-0.05, 0) is 24.3 Å². The zero-order valence-corrected chi connectivity index (χ0v) is 9.37. The third-order valence-corrected chi connectivity index (χ3v) is 2.13. The van der Waals surface area contributed by atoms with E-state index in [-0.39, 0.29) is 18.2 Å². The van der Waals surface area contributed by atoms with E-state index in [4.69, 9.17) is 5.73 Å². The van der Waals surface area contributed by atoms with Crippen molar-refractivity contribution in [2.75, 3.05) is 11.1 Å². The molecule has 0 heterocycles. The van der Waals surface area contributed by atoms with Crippen LogP contribution in [0.15, 0.2) is 48.5 Å². The normalized spacial score (nSPS) is 9.25. The van der Waals surface area contributed by atoms with Gasteiger partial charge in [-0.3, -0.25) is 0 Å². The summed E-state index contributed by atoms with van der Waals surface area (Å²) in [5, 5.41) is 12.6. The highest BCUT2D eigenvalue weighted by atomic mass is 35.5. The summed E-state index contributed by atoms with van der Waals surface area (Å²) >= 11 is 0. The number of aromatic hydroxyl groups is 1. The number of phenolic OH excluding ortho intramolecular Hbond substituents is 1. The molecule has 0 aliphatic carbocycles. The third-order valence-electron chi connectivity index (χ3n) is 2.13. The van der Waals surface area contributed by atoms with Crippen molar-refractivity contribution >= 4 is 29.5 Å². The van der Waals surface area contributed by atoms with Crippen molar-refractivity contribution < 1.29 is 5.11 Å². The maximum Gasteiger partial charge on any atom is 0.139 e. The monoisotopic (exact) mass is 236 g/mol. The number of nitrogens with one attached hydrogen (secondary N) is 1. The molecule has 0 atom stereocenters. The Morgan fingerprint density at radius 1 is 0.875 bits per heavy atom. The lowest BCUT2D eigenvalue weighted by molar-refractivity contribution is 0.478. The van der Waals surface area contributed by atoms with E-state index in [9.17, 15) is 5.11 Å². The molecule has 4 N–H and O–H groups in total. The van der Waals surface area contributed by atoms with Gasteiger partial charge < -0.3 is 16.2 Å². The van der Waals surface area contributed by atoms with Gasteiger partial charge in [-0.25, -0.2) is 0 Å². The van der Waals surface area contributed by atoms with E-state index in [1.807, 2.05) is 30.3 Å². The molecule has 0 radical (unpaired) electrons. The first-order chi connectivity index (χ1) is 7.27. The van der Waals surface area contributed by atoms with Gasteiger partial charge in [-0.1, -0.05) is 24.3 Å². The Labute approximate surface area is 100 Å². The molecular formula is C12H13ClN2O. The van der Waals surface area contributed by atoms with Crippen LogP contribution in [0.25, 0.3) is 0 Å². The van der Waals surface area contributed by atoms with Crippen LogP contribution in [0.3, 0.4) is 0 Å². The summed E-state index contributed by atoms with van der Waals surface area (Å²) in [6.45, 7) is 0. The summed E-state index contributed by atoms with van der Waals surface area (Å²) < 4.78 is 0. The third kappa shape index (κ3) is 2.58. The van der Waals surface area contributed by atoms with E-state index in [2.05, 4.69) is 5.32 Å². The quantitative estimate of drug-likeness (QED) is 0.555. The Morgan fingerprint density at radius 3 is 2.06 bits per heavy atom. The second-order valence-corrected chi connectivity index (χ2v) is 3.23. The van der Waals surface area contributed by atoms with Crippen molar-refractivity contribution in [2.24, 2.45) is 0 Å². The number of halogens is 1. The molecule has 4 heteroatoms. The molecule has 2 aromatic carbocycles. The molecule has 0 unspecified atom stereocenters. The molecule has 0 saturated heterocycles. The first-order valence-electron chi connectivity index (χ1n) is 4.67. The highest BCUT2D eigenvalue weighted by molar-refractivity contribution is 5.85. The van der Waals surface area contributed by atoms with E-state index >= 15 is 0 Å². The van der Waals surface area contributed by atoms with Crippen molar-refractivity contribution in [3.8, 4) is 5.75 Å². The van der Waals surface area contributed by atoms with Crippen molar-refractivity contribution in [1.82, 2.24) is 0 Å². The van der Waals surface area contributed by atoms with Gasteiger partial charge in [0, 0.05) is 0 Å². The molecular weight excluding hydrogens is 224 g/mol. The second kappa shape index (κ2) is 5.28. The lowest BCUT2D eigenvalue weighted by Gasteiger charge is -2.09. The number of para-hydroxylation sites is 4. The molecule has 2 rings (SSSR count). The maximum atomic E-state index is 9.56. The molecule has 2 aromatic rings. The predicted molar refractivity (Wildman–Crippen MR) is 69.5 cm³/mol. The van der Waals surface area contributed by atoms with E-state index < -0.39 is 0 Å². The van der Waals surface area contributed by atoms with Crippen LogP contribution in [0.4, 0.5) is 17.1 Å². The Bertz CT molecular complexity index is 431. The number of nitrogens with two attached hydrogens (primary N) is 1. The number of hydrogen-bond acceptors (Lipinski definition) is 3. The fourth-order valence-electron chi connectivity index (χ4n) is 1.34. The molecule has 3 nitrogen and oxygen atoms in total. The topological polar surface area (TPSA) is 58.3 Å². The first-order valence-corrected chi connectivity index (χ1v) is 4.67. The average molecular weight is 237 g/mol. The molecule has 0 amide bonds. The Kier molecular flexibility index (Phi) is 4.03. The van der Waals surface area contributed by atoms with Crippen LogP contribution in [-0.2, 0) is 0 Å². The highest BCUT2D eigenvalue weighted by Crippen LogP contribution is 2.28. The zero-order chi connectivity index (χ0) is 10.7. The molecule has 0 aromatic heterocycles. The van der Waals surface area contributed by atoms with Gasteiger partial charge in [-0.2, -0.15) is 0 Å². The molecule has 0 fully saturated rings. The lowest BCUT2D eigenvalue weighted by Crippen LogP contribution is -1.95. The molecule has 16 heavy (non-hydrogen) atoms. The molecule has 84 valence electrons. The SMILES string of the molecule is Cl.Nc1ccccc1Nc1ccccc1O. The Hall–Kier alpha value is -1.87. The van der Waals surface area contributed by atoms with Gasteiger partial charge in [0.25, 0.3) is 0 Å². The van der Waals surface area contributed by atoms with Crippen LogP contribution in [0.5, 0.6) is 5.75 Å². The summed E-state index contributed by atoms with van der Waals surface area (Å²) in [6, 6.07) is 14.5. The minimum absolute atomic E-state index is 0. The van der Waals surface area contributed by atoms with Crippen molar-refractivity contribution in [1.29, 1.82) is 0 Å². The smallest absolute Gasteiger partial charge is 0.139 e. The fraction of sp³-hybridized carbons (Fsp3) is 0. The summed E-state index contributed by atoms with van der Waals surface area (Å²) in [7, 11) is 0. The summed E-state index contributed by atoms with van der Waals surface area (Å²) in [5.41, 5.74) is 7.87. The van der Waals surface area contributed by atoms with Gasteiger partial charge in [0.15, 0.2) is 0 Å². The number of anilines is 3. The van der Waals surface area contributed by atoms with Gasteiger partial charge in [-0.15, -0.1) is 12.4 Å². The second-order valence-electron chi connectivity index (χ2n) is 3.23. The molecule has 0 saturated carbocycles. The van der Waals surface area contributed by atoms with E-state index in [1.54, 1.807) is 18.2 Å². The standard InChI is InChI=1S/C12H12N2O.ClH/c13-9-5-1-2-6-10(9)14-11-7-3-4-8-12(11)15;/h1-8,14-15H,13H2;1H. The highest BCUT2D eigenvalue weighted by Gasteiger charge is 2.01. The van der Waals surface area contributed by atoms with E-state index in [0.717, 1.165) is 5.69 Å². The number of benzene rings is 2. The zero-order valence-electron chi connectivity index (χ0n) is 8.55. The van der Waals surface area contributed by atoms with Crippen LogP contribution >= 0.6 is 12.4 Å². The van der Waals surface area contributed by atoms with Crippen LogP contribution in [0.1, 0.15) is 0 Å². The summed E-state index contributed by atoms with van der Waals surface area (Å²) in [5.74, 6) is 0.209. The minimum Gasteiger partial charge on any atom is -0.506 e. The lowest BCUT2D eigenvalue weighted by atomic mass is 10.2. The van der Waals surface area contributed by atoms with Crippen LogP contribution < -0.4 is 11.1 Å². The van der Waals surface area contributed by atoms with Gasteiger partial charge in [0.1, 0.15) is 5.75 Å². The molecule has 0 spiro atoms.